The van der Waals surface area contributed by atoms with Crippen LogP contribution in [0.15, 0.2) is 53.5 Å². The standard InChI is InChI=1S/C19H17N5O2/c1-26-15-7-5-13(6-8-15)17-16(12-20)18(25)24-19(23-17)22-11-9-14-4-2-3-10-21-14/h2-8,10H,9,11H2,1H3,(H2,22,23,24,25). The van der Waals surface area contributed by atoms with Crippen LogP contribution in [0.2, 0.25) is 0 Å². The van der Waals surface area contributed by atoms with Crippen LogP contribution in [0.4, 0.5) is 5.95 Å². The number of aromatic amines is 1. The van der Waals surface area contributed by atoms with Crippen molar-refractivity contribution in [2.75, 3.05) is 19.0 Å². The minimum Gasteiger partial charge on any atom is -0.497 e. The number of benzene rings is 1. The van der Waals surface area contributed by atoms with Crippen molar-refractivity contribution in [1.82, 2.24) is 15.0 Å². The summed E-state index contributed by atoms with van der Waals surface area (Å²) in [4.78, 5) is 23.5. The quantitative estimate of drug-likeness (QED) is 0.709. The fourth-order valence-corrected chi connectivity index (χ4v) is 2.47. The Kier molecular flexibility index (Phi) is 5.25. The lowest BCUT2D eigenvalue weighted by molar-refractivity contribution is 0.415. The summed E-state index contributed by atoms with van der Waals surface area (Å²) >= 11 is 0. The van der Waals surface area contributed by atoms with Crippen LogP contribution >= 0.6 is 0 Å². The molecule has 0 aliphatic heterocycles. The Morgan fingerprint density at radius 2 is 2.04 bits per heavy atom. The predicted octanol–water partition coefficient (Wildman–Crippen LogP) is 2.37. The molecule has 3 rings (SSSR count). The number of anilines is 1. The van der Waals surface area contributed by atoms with Gasteiger partial charge in [-0.2, -0.15) is 5.26 Å². The van der Waals surface area contributed by atoms with Crippen LogP contribution in [-0.2, 0) is 6.42 Å². The number of aromatic nitrogens is 3. The van der Waals surface area contributed by atoms with Crippen LogP contribution in [0.1, 0.15) is 11.3 Å². The molecule has 0 radical (unpaired) electrons. The van der Waals surface area contributed by atoms with Gasteiger partial charge in [0, 0.05) is 30.4 Å². The van der Waals surface area contributed by atoms with Crippen molar-refractivity contribution in [3.05, 3.63) is 70.3 Å². The topological polar surface area (TPSA) is 104 Å². The maximum absolute atomic E-state index is 12.2. The third-order valence-electron chi connectivity index (χ3n) is 3.79. The van der Waals surface area contributed by atoms with E-state index in [1.807, 2.05) is 24.3 Å². The van der Waals surface area contributed by atoms with E-state index in [9.17, 15) is 10.1 Å². The summed E-state index contributed by atoms with van der Waals surface area (Å²) in [7, 11) is 1.57. The lowest BCUT2D eigenvalue weighted by atomic mass is 10.1. The van der Waals surface area contributed by atoms with Crippen molar-refractivity contribution >= 4 is 5.95 Å². The number of nitrogens with one attached hydrogen (secondary N) is 2. The molecule has 0 saturated heterocycles. The fourth-order valence-electron chi connectivity index (χ4n) is 2.47. The first-order valence-corrected chi connectivity index (χ1v) is 8.04. The molecule has 7 heteroatoms. The Bertz CT molecular complexity index is 976. The Morgan fingerprint density at radius 1 is 1.23 bits per heavy atom. The average molecular weight is 347 g/mol. The monoisotopic (exact) mass is 347 g/mol. The molecule has 0 unspecified atom stereocenters. The molecule has 0 saturated carbocycles. The van der Waals surface area contributed by atoms with Gasteiger partial charge in [0.1, 0.15) is 17.4 Å². The molecule has 0 aliphatic rings. The molecule has 0 atom stereocenters. The largest absolute Gasteiger partial charge is 0.497 e. The molecule has 7 nitrogen and oxygen atoms in total. The van der Waals surface area contributed by atoms with E-state index in [1.54, 1.807) is 37.6 Å². The summed E-state index contributed by atoms with van der Waals surface area (Å²) in [6, 6.07) is 14.7. The Labute approximate surface area is 150 Å². The van der Waals surface area contributed by atoms with E-state index in [-0.39, 0.29) is 5.56 Å². The summed E-state index contributed by atoms with van der Waals surface area (Å²) in [5.41, 5.74) is 1.44. The van der Waals surface area contributed by atoms with Gasteiger partial charge in [-0.3, -0.25) is 14.8 Å². The summed E-state index contributed by atoms with van der Waals surface area (Å²) in [6.45, 7) is 0.550. The lowest BCUT2D eigenvalue weighted by Gasteiger charge is -2.09. The van der Waals surface area contributed by atoms with Crippen LogP contribution < -0.4 is 15.6 Å². The van der Waals surface area contributed by atoms with Crippen LogP contribution in [0.3, 0.4) is 0 Å². The molecule has 0 amide bonds. The van der Waals surface area contributed by atoms with Crippen molar-refractivity contribution in [3.8, 4) is 23.1 Å². The van der Waals surface area contributed by atoms with Gasteiger partial charge < -0.3 is 10.1 Å². The minimum atomic E-state index is -0.478. The molecule has 130 valence electrons. The lowest BCUT2D eigenvalue weighted by Crippen LogP contribution is -2.18. The number of hydrogen-bond donors (Lipinski definition) is 2. The number of pyridine rings is 1. The summed E-state index contributed by atoms with van der Waals surface area (Å²) < 4.78 is 5.13. The number of rotatable bonds is 6. The number of methoxy groups -OCH3 is 1. The normalized spacial score (nSPS) is 10.2. The summed E-state index contributed by atoms with van der Waals surface area (Å²) in [6.07, 6.45) is 2.42. The van der Waals surface area contributed by atoms with Crippen LogP contribution in [0.5, 0.6) is 5.75 Å². The highest BCUT2D eigenvalue weighted by molar-refractivity contribution is 5.67. The van der Waals surface area contributed by atoms with E-state index >= 15 is 0 Å². The molecule has 2 N–H and O–H groups in total. The van der Waals surface area contributed by atoms with Crippen molar-refractivity contribution < 1.29 is 4.74 Å². The van der Waals surface area contributed by atoms with E-state index in [4.69, 9.17) is 4.74 Å². The molecule has 0 aliphatic carbocycles. The molecule has 0 bridgehead atoms. The van der Waals surface area contributed by atoms with Gasteiger partial charge in [-0.25, -0.2) is 4.98 Å². The molecule has 0 spiro atoms. The fraction of sp³-hybridized carbons (Fsp3) is 0.158. The third-order valence-corrected chi connectivity index (χ3v) is 3.79. The van der Waals surface area contributed by atoms with Crippen molar-refractivity contribution in [2.45, 2.75) is 6.42 Å². The highest BCUT2D eigenvalue weighted by atomic mass is 16.5. The van der Waals surface area contributed by atoms with Crippen LogP contribution in [-0.4, -0.2) is 28.6 Å². The predicted molar refractivity (Wildman–Crippen MR) is 98.0 cm³/mol. The number of H-pyrrole nitrogens is 1. The van der Waals surface area contributed by atoms with Crippen LogP contribution in [0.25, 0.3) is 11.3 Å². The molecule has 26 heavy (non-hydrogen) atoms. The second-order valence-corrected chi connectivity index (χ2v) is 5.48. The van der Waals surface area contributed by atoms with E-state index in [1.165, 1.54) is 0 Å². The zero-order valence-corrected chi connectivity index (χ0v) is 14.2. The molecular formula is C19H17N5O2. The number of ether oxygens (including phenoxy) is 1. The third kappa shape index (κ3) is 3.87. The van der Waals surface area contributed by atoms with Crippen molar-refractivity contribution in [2.24, 2.45) is 0 Å². The highest BCUT2D eigenvalue weighted by Crippen LogP contribution is 2.22. The molecule has 3 aromatic rings. The van der Waals surface area contributed by atoms with Gasteiger partial charge >= 0.3 is 0 Å². The van der Waals surface area contributed by atoms with E-state index < -0.39 is 5.56 Å². The second-order valence-electron chi connectivity index (χ2n) is 5.48. The molecular weight excluding hydrogens is 330 g/mol. The van der Waals surface area contributed by atoms with Crippen molar-refractivity contribution in [1.29, 1.82) is 5.26 Å². The van der Waals surface area contributed by atoms with E-state index in [0.29, 0.717) is 35.9 Å². The highest BCUT2D eigenvalue weighted by Gasteiger charge is 2.13. The number of nitriles is 1. The second kappa shape index (κ2) is 7.94. The summed E-state index contributed by atoms with van der Waals surface area (Å²) in [5.74, 6) is 1.00. The maximum Gasteiger partial charge on any atom is 0.270 e. The first-order chi connectivity index (χ1) is 12.7. The first kappa shape index (κ1) is 17.2. The zero-order valence-electron chi connectivity index (χ0n) is 14.2. The van der Waals surface area contributed by atoms with Gasteiger partial charge in [-0.1, -0.05) is 6.07 Å². The minimum absolute atomic E-state index is 0.0227. The molecule has 1 aromatic carbocycles. The Hall–Kier alpha value is -3.66. The van der Waals surface area contributed by atoms with Crippen molar-refractivity contribution in [3.63, 3.8) is 0 Å². The Balaban J connectivity index is 1.84. The smallest absolute Gasteiger partial charge is 0.270 e. The number of hydrogen-bond acceptors (Lipinski definition) is 6. The van der Waals surface area contributed by atoms with Gasteiger partial charge in [-0.05, 0) is 36.4 Å². The first-order valence-electron chi connectivity index (χ1n) is 8.04. The van der Waals surface area contributed by atoms with Gasteiger partial charge in [0.2, 0.25) is 5.95 Å². The van der Waals surface area contributed by atoms with Gasteiger partial charge in [0.05, 0.1) is 12.8 Å². The molecule has 2 heterocycles. The maximum atomic E-state index is 12.2. The SMILES string of the molecule is COc1ccc(-c2nc(NCCc3ccccn3)[nH]c(=O)c2C#N)cc1. The van der Waals surface area contributed by atoms with E-state index in [0.717, 1.165) is 5.69 Å². The number of nitrogens with zero attached hydrogens (tertiary/aromatic N) is 3. The van der Waals surface area contributed by atoms with Gasteiger partial charge in [0.15, 0.2) is 0 Å². The zero-order chi connectivity index (χ0) is 18.4. The Morgan fingerprint density at radius 3 is 2.69 bits per heavy atom. The van der Waals surface area contributed by atoms with Gasteiger partial charge in [-0.15, -0.1) is 0 Å². The van der Waals surface area contributed by atoms with Gasteiger partial charge in [0.25, 0.3) is 5.56 Å². The molecule has 2 aromatic heterocycles. The van der Waals surface area contributed by atoms with E-state index in [2.05, 4.69) is 20.3 Å². The average Bonchev–Trinajstić information content (AvgIpc) is 2.68. The molecule has 0 fully saturated rings. The van der Waals surface area contributed by atoms with Crippen LogP contribution in [0, 0.1) is 11.3 Å². The summed E-state index contributed by atoms with van der Waals surface area (Å²) in [5, 5.41) is 12.4.